The minimum absolute atomic E-state index is 0.0923. The van der Waals surface area contributed by atoms with Gasteiger partial charge in [0.05, 0.1) is 0 Å². The molecule has 0 spiro atoms. The van der Waals surface area contributed by atoms with Gasteiger partial charge in [0.25, 0.3) is 0 Å². The van der Waals surface area contributed by atoms with Gasteiger partial charge in [-0.05, 0) is 11.8 Å². The Hall–Kier alpha value is 0.719. The van der Waals surface area contributed by atoms with Crippen LogP contribution in [0.3, 0.4) is 0 Å². The molecular weight excluding hydrogens is 391 g/mol. The predicted octanol–water partition coefficient (Wildman–Crippen LogP) is 4.69. The first-order valence-corrected chi connectivity index (χ1v) is 13.9. The van der Waals surface area contributed by atoms with Crippen LogP contribution in [-0.2, 0) is 0 Å². The third kappa shape index (κ3) is 34.9. The molecule has 0 amide bonds. The monoisotopic (exact) mass is 436 g/mol. The Bertz CT molecular complexity index is 159. The Morgan fingerprint density at radius 1 is 0.696 bits per heavy atom. The van der Waals surface area contributed by atoms with Gasteiger partial charge in [0.2, 0.25) is 0 Å². The topological polar surface area (TPSA) is 46.1 Å². The van der Waals surface area contributed by atoms with E-state index in [0.717, 1.165) is 25.7 Å². The first kappa shape index (κ1) is 28.5. The van der Waals surface area contributed by atoms with E-state index < -0.39 is 0 Å². The molecule has 0 aliphatic carbocycles. The number of hydrogen-bond donors (Lipinski definition) is 0. The number of hydrogen-bond acceptors (Lipinski definition) is 2. The van der Waals surface area contributed by atoms with E-state index in [2.05, 4.69) is 41.5 Å². The molecule has 2 unspecified atom stereocenters. The summed E-state index contributed by atoms with van der Waals surface area (Å²) in [5.74, 6) is 1.27. The third-order valence-electron chi connectivity index (χ3n) is 4.03. The molecule has 0 N–H and O–H groups in total. The molecule has 0 fully saturated rings. The summed E-state index contributed by atoms with van der Waals surface area (Å²) < 4.78 is 3.25. The zero-order valence-corrected chi connectivity index (χ0v) is 19.8. The fourth-order valence-corrected chi connectivity index (χ4v) is 5.70. The van der Waals surface area contributed by atoms with E-state index in [1.54, 1.807) is 8.87 Å². The van der Waals surface area contributed by atoms with Crippen molar-refractivity contribution >= 4 is 21.1 Å². The van der Waals surface area contributed by atoms with Gasteiger partial charge in [0, 0.05) is 0 Å². The van der Waals surface area contributed by atoms with Gasteiger partial charge in [-0.1, -0.05) is 53.4 Å². The third-order valence-corrected chi connectivity index (χ3v) is 8.07. The Morgan fingerprint density at radius 2 is 1.04 bits per heavy atom. The van der Waals surface area contributed by atoms with Gasteiger partial charge in [-0.2, -0.15) is 0 Å². The van der Waals surface area contributed by atoms with Crippen LogP contribution in [-0.4, -0.2) is 34.4 Å². The van der Waals surface area contributed by atoms with Gasteiger partial charge >= 0.3 is 69.5 Å². The van der Waals surface area contributed by atoms with Gasteiger partial charge in [-0.25, -0.2) is 0 Å². The summed E-state index contributed by atoms with van der Waals surface area (Å²) in [6.07, 6.45) is 9.81. The van der Waals surface area contributed by atoms with Crippen molar-refractivity contribution in [2.75, 3.05) is 13.2 Å². The maximum absolute atomic E-state index is 9.90. The molecular formula is C20H44O2Sn. The second kappa shape index (κ2) is 27.6. The van der Waals surface area contributed by atoms with Gasteiger partial charge in [-0.3, -0.25) is 0 Å². The van der Waals surface area contributed by atoms with Crippen LogP contribution in [0.15, 0.2) is 0 Å². The van der Waals surface area contributed by atoms with Crippen LogP contribution >= 0.6 is 0 Å². The van der Waals surface area contributed by atoms with E-state index in [9.17, 15) is 10.2 Å². The molecule has 140 valence electrons. The van der Waals surface area contributed by atoms with E-state index in [1.165, 1.54) is 25.7 Å². The van der Waals surface area contributed by atoms with Crippen molar-refractivity contribution in [3.63, 3.8) is 0 Å². The van der Waals surface area contributed by atoms with Gasteiger partial charge in [0.1, 0.15) is 0 Å². The summed E-state index contributed by atoms with van der Waals surface area (Å²) in [7, 11) is 0. The van der Waals surface area contributed by atoms with E-state index in [4.69, 9.17) is 0 Å². The second-order valence-corrected chi connectivity index (χ2v) is 10.8. The van der Waals surface area contributed by atoms with Crippen LogP contribution in [0.2, 0.25) is 8.87 Å². The summed E-state index contributed by atoms with van der Waals surface area (Å²) in [6, 6.07) is 0. The van der Waals surface area contributed by atoms with Gasteiger partial charge in [-0.15, -0.1) is 13.2 Å². The average Bonchev–Trinajstić information content (AvgIpc) is 2.56. The van der Waals surface area contributed by atoms with Crippen molar-refractivity contribution in [2.45, 2.75) is 102 Å². The summed E-state index contributed by atoms with van der Waals surface area (Å²) in [6.45, 7) is 13.2. The van der Waals surface area contributed by atoms with Crippen LogP contribution in [0.4, 0.5) is 0 Å². The molecule has 0 aliphatic rings. The van der Waals surface area contributed by atoms with Crippen molar-refractivity contribution in [1.82, 2.24) is 0 Å². The van der Waals surface area contributed by atoms with Crippen LogP contribution in [0, 0.1) is 11.8 Å². The molecule has 0 heterocycles. The van der Waals surface area contributed by atoms with Crippen LogP contribution < -0.4 is 10.2 Å². The molecule has 0 rings (SSSR count). The van der Waals surface area contributed by atoms with Crippen molar-refractivity contribution in [1.29, 1.82) is 0 Å². The number of rotatable bonds is 12. The average molecular weight is 435 g/mol. The van der Waals surface area contributed by atoms with Crippen molar-refractivity contribution in [3.05, 3.63) is 0 Å². The van der Waals surface area contributed by atoms with Crippen molar-refractivity contribution in [2.24, 2.45) is 11.8 Å². The van der Waals surface area contributed by atoms with E-state index >= 15 is 0 Å². The first-order valence-electron chi connectivity index (χ1n) is 9.90. The quantitative estimate of drug-likeness (QED) is 0.330. The minimum atomic E-state index is 0.0923. The second-order valence-electron chi connectivity index (χ2n) is 6.47. The predicted molar refractivity (Wildman–Crippen MR) is 103 cm³/mol. The molecule has 0 aromatic carbocycles. The van der Waals surface area contributed by atoms with E-state index in [0.29, 0.717) is 11.8 Å². The fraction of sp³-hybridized carbons (Fsp3) is 1.00. The molecule has 0 aromatic heterocycles. The molecule has 0 aliphatic heterocycles. The van der Waals surface area contributed by atoms with Crippen molar-refractivity contribution < 1.29 is 10.2 Å². The summed E-state index contributed by atoms with van der Waals surface area (Å²) >= 11 is 0.149. The molecule has 2 nitrogen and oxygen atoms in total. The number of unbranched alkanes of at least 4 members (excludes halogenated alkanes) is 2. The zero-order valence-electron chi connectivity index (χ0n) is 17.0. The van der Waals surface area contributed by atoms with Gasteiger partial charge in [0.15, 0.2) is 0 Å². The molecule has 3 heteroatoms. The van der Waals surface area contributed by atoms with E-state index in [1.807, 2.05) is 0 Å². The molecule has 0 saturated carbocycles. The normalized spacial score (nSPS) is 12.2. The van der Waals surface area contributed by atoms with Gasteiger partial charge < -0.3 is 10.2 Å². The summed E-state index contributed by atoms with van der Waals surface area (Å²) in [5, 5.41) is 19.8. The summed E-state index contributed by atoms with van der Waals surface area (Å²) in [4.78, 5) is 0. The van der Waals surface area contributed by atoms with Crippen LogP contribution in [0.5, 0.6) is 0 Å². The Morgan fingerprint density at radius 3 is 1.22 bits per heavy atom. The van der Waals surface area contributed by atoms with Crippen LogP contribution in [0.1, 0.15) is 92.9 Å². The Labute approximate surface area is 158 Å². The molecule has 0 radical (unpaired) electrons. The molecule has 0 bridgehead atoms. The van der Waals surface area contributed by atoms with Crippen LogP contribution in [0.25, 0.3) is 0 Å². The zero-order chi connectivity index (χ0) is 18.3. The molecule has 2 atom stereocenters. The fourth-order valence-electron chi connectivity index (χ4n) is 1.54. The standard InChI is InChI=1S/2C6H13O.2C4H9.Sn/c2*1-3-6(2)4-5-7;2*1-3-4-2;/h2*6H,3-5H2,1-2H3;2*1,3-4H2,2H3;/q2*-1;;;+2. The first-order chi connectivity index (χ1) is 11.0. The van der Waals surface area contributed by atoms with E-state index in [-0.39, 0.29) is 34.4 Å². The maximum atomic E-state index is 9.90. The molecule has 0 aromatic rings. The molecule has 23 heavy (non-hydrogen) atoms. The Kier molecular flexibility index (Phi) is 34.2. The molecule has 0 saturated heterocycles. The summed E-state index contributed by atoms with van der Waals surface area (Å²) in [5.41, 5.74) is 0. The van der Waals surface area contributed by atoms with Crippen molar-refractivity contribution in [3.8, 4) is 0 Å². The Balaban J connectivity index is -0.000000264. The SMILES string of the molecule is CCC(C)CC[O-].CCC(C)CC[O-].CCC[CH2][Sn+2][CH2]CCC.